The van der Waals surface area contributed by atoms with Crippen LogP contribution in [0.5, 0.6) is 0 Å². The molecule has 2 aliphatic rings. The van der Waals surface area contributed by atoms with Gasteiger partial charge < -0.3 is 9.64 Å². The fourth-order valence-electron chi connectivity index (χ4n) is 3.25. The second-order valence-electron chi connectivity index (χ2n) is 6.30. The molecule has 3 heterocycles. The van der Waals surface area contributed by atoms with Crippen molar-refractivity contribution in [2.24, 2.45) is 0 Å². The molecule has 2 atom stereocenters. The Morgan fingerprint density at radius 2 is 1.75 bits per heavy atom. The lowest BCUT2D eigenvalue weighted by molar-refractivity contribution is -0.0455. The van der Waals surface area contributed by atoms with Crippen molar-refractivity contribution in [1.82, 2.24) is 13.6 Å². The standard InChI is InChI=1S/C15H23ClN4O3S/c1-12-10-20(11-13(2)23-12)24(21,22)19-7-5-18(6-8-19)14-3-4-17-15(16)9-14/h3-4,9,12-13H,5-8,10-11H2,1-2H3. The zero-order valence-corrected chi connectivity index (χ0v) is 15.5. The molecule has 2 fully saturated rings. The number of pyridine rings is 1. The van der Waals surface area contributed by atoms with Crippen molar-refractivity contribution in [2.75, 3.05) is 44.2 Å². The van der Waals surface area contributed by atoms with Crippen LogP contribution in [0, 0.1) is 0 Å². The van der Waals surface area contributed by atoms with Crippen LogP contribution in [0.4, 0.5) is 5.69 Å². The second-order valence-corrected chi connectivity index (χ2v) is 8.62. The van der Waals surface area contributed by atoms with Crippen molar-refractivity contribution in [3.05, 3.63) is 23.5 Å². The lowest BCUT2D eigenvalue weighted by Gasteiger charge is -2.40. The van der Waals surface area contributed by atoms with Gasteiger partial charge in [0.2, 0.25) is 0 Å². The molecular formula is C15H23ClN4O3S. The minimum atomic E-state index is -3.44. The summed E-state index contributed by atoms with van der Waals surface area (Å²) in [5.74, 6) is 0. The molecule has 2 aliphatic heterocycles. The maximum Gasteiger partial charge on any atom is 0.282 e. The van der Waals surface area contributed by atoms with E-state index in [0.717, 1.165) is 5.69 Å². The summed E-state index contributed by atoms with van der Waals surface area (Å²) in [6, 6.07) is 3.69. The summed E-state index contributed by atoms with van der Waals surface area (Å²) in [7, 11) is -3.44. The predicted octanol–water partition coefficient (Wildman–Crippen LogP) is 1.21. The van der Waals surface area contributed by atoms with Gasteiger partial charge in [0.25, 0.3) is 10.2 Å². The van der Waals surface area contributed by atoms with Crippen LogP contribution in [-0.2, 0) is 14.9 Å². The Morgan fingerprint density at radius 3 is 2.33 bits per heavy atom. The summed E-state index contributed by atoms with van der Waals surface area (Å²) in [5, 5.41) is 0.443. The minimum absolute atomic E-state index is 0.0798. The molecule has 0 bridgehead atoms. The zero-order valence-electron chi connectivity index (χ0n) is 13.9. The first-order valence-electron chi connectivity index (χ1n) is 8.13. The third-order valence-electron chi connectivity index (χ3n) is 4.35. The van der Waals surface area contributed by atoms with Gasteiger partial charge in [-0.05, 0) is 26.0 Å². The number of rotatable bonds is 3. The lowest BCUT2D eigenvalue weighted by atomic mass is 10.3. The summed E-state index contributed by atoms with van der Waals surface area (Å²) >= 11 is 5.93. The Hall–Kier alpha value is -0.930. The van der Waals surface area contributed by atoms with E-state index in [2.05, 4.69) is 9.88 Å². The van der Waals surface area contributed by atoms with Gasteiger partial charge in [-0.15, -0.1) is 0 Å². The number of hydrogen-bond donors (Lipinski definition) is 0. The highest BCUT2D eigenvalue weighted by atomic mass is 35.5. The highest BCUT2D eigenvalue weighted by Crippen LogP contribution is 2.22. The molecule has 0 aromatic carbocycles. The SMILES string of the molecule is CC1CN(S(=O)(=O)N2CCN(c3ccnc(Cl)c3)CC2)CC(C)O1. The molecule has 0 radical (unpaired) electrons. The van der Waals surface area contributed by atoms with Gasteiger partial charge >= 0.3 is 0 Å². The van der Waals surface area contributed by atoms with Crippen LogP contribution in [0.1, 0.15) is 13.8 Å². The molecule has 2 saturated heterocycles. The van der Waals surface area contributed by atoms with Crippen LogP contribution >= 0.6 is 11.6 Å². The van der Waals surface area contributed by atoms with Gasteiger partial charge in [-0.3, -0.25) is 0 Å². The number of aromatic nitrogens is 1. The van der Waals surface area contributed by atoms with E-state index in [1.807, 2.05) is 19.9 Å². The topological polar surface area (TPSA) is 66.0 Å². The summed E-state index contributed by atoms with van der Waals surface area (Å²) in [6.07, 6.45) is 1.50. The minimum Gasteiger partial charge on any atom is -0.373 e. The van der Waals surface area contributed by atoms with Crippen molar-refractivity contribution in [1.29, 1.82) is 0 Å². The van der Waals surface area contributed by atoms with Crippen molar-refractivity contribution in [3.8, 4) is 0 Å². The van der Waals surface area contributed by atoms with Crippen LogP contribution < -0.4 is 4.90 Å². The second kappa shape index (κ2) is 7.13. The van der Waals surface area contributed by atoms with Crippen LogP contribution in [0.3, 0.4) is 0 Å². The Balaban J connectivity index is 1.65. The molecule has 0 spiro atoms. The molecule has 7 nitrogen and oxygen atoms in total. The molecule has 134 valence electrons. The van der Waals surface area contributed by atoms with E-state index in [1.165, 1.54) is 0 Å². The molecular weight excluding hydrogens is 352 g/mol. The van der Waals surface area contributed by atoms with E-state index < -0.39 is 10.2 Å². The van der Waals surface area contributed by atoms with E-state index in [-0.39, 0.29) is 12.2 Å². The third kappa shape index (κ3) is 3.83. The Labute approximate surface area is 148 Å². The van der Waals surface area contributed by atoms with Crippen LogP contribution in [0.25, 0.3) is 0 Å². The summed E-state index contributed by atoms with van der Waals surface area (Å²) < 4.78 is 34.5. The maximum atomic E-state index is 12.9. The number of anilines is 1. The van der Waals surface area contributed by atoms with Gasteiger partial charge in [0, 0.05) is 51.2 Å². The van der Waals surface area contributed by atoms with Gasteiger partial charge in [-0.25, -0.2) is 4.98 Å². The number of hydrogen-bond acceptors (Lipinski definition) is 5. The van der Waals surface area contributed by atoms with Gasteiger partial charge in [0.1, 0.15) is 5.15 Å². The van der Waals surface area contributed by atoms with E-state index in [1.54, 1.807) is 20.9 Å². The summed E-state index contributed by atoms with van der Waals surface area (Å²) in [5.41, 5.74) is 0.973. The Morgan fingerprint density at radius 1 is 1.12 bits per heavy atom. The Kier molecular flexibility index (Phi) is 5.31. The number of nitrogens with zero attached hydrogens (tertiary/aromatic N) is 4. The average Bonchev–Trinajstić information content (AvgIpc) is 2.54. The van der Waals surface area contributed by atoms with Gasteiger partial charge in [-0.1, -0.05) is 11.6 Å². The van der Waals surface area contributed by atoms with E-state index in [0.29, 0.717) is 44.4 Å². The number of halogens is 1. The molecule has 24 heavy (non-hydrogen) atoms. The van der Waals surface area contributed by atoms with Crippen LogP contribution in [0.2, 0.25) is 5.15 Å². The third-order valence-corrected chi connectivity index (χ3v) is 6.53. The normalized spacial score (nSPS) is 27.4. The van der Waals surface area contributed by atoms with E-state index in [4.69, 9.17) is 16.3 Å². The lowest BCUT2D eigenvalue weighted by Crippen LogP contribution is -2.57. The van der Waals surface area contributed by atoms with Crippen LogP contribution in [-0.4, -0.2) is 73.5 Å². The van der Waals surface area contributed by atoms with Crippen molar-refractivity contribution in [2.45, 2.75) is 26.1 Å². The molecule has 3 rings (SSSR count). The fraction of sp³-hybridized carbons (Fsp3) is 0.667. The largest absolute Gasteiger partial charge is 0.373 e. The molecule has 0 aliphatic carbocycles. The highest BCUT2D eigenvalue weighted by molar-refractivity contribution is 7.86. The van der Waals surface area contributed by atoms with E-state index >= 15 is 0 Å². The first-order chi connectivity index (χ1) is 11.4. The quantitative estimate of drug-likeness (QED) is 0.744. The van der Waals surface area contributed by atoms with E-state index in [9.17, 15) is 8.42 Å². The maximum absolute atomic E-state index is 12.9. The van der Waals surface area contributed by atoms with Gasteiger partial charge in [-0.2, -0.15) is 17.0 Å². The van der Waals surface area contributed by atoms with Gasteiger partial charge in [0.05, 0.1) is 12.2 Å². The molecule has 9 heteroatoms. The smallest absolute Gasteiger partial charge is 0.282 e. The molecule has 1 aromatic rings. The summed E-state index contributed by atoms with van der Waals surface area (Å²) in [6.45, 7) is 6.82. The fourth-order valence-corrected chi connectivity index (χ4v) is 5.16. The molecule has 0 saturated carbocycles. The van der Waals surface area contributed by atoms with Crippen molar-refractivity contribution >= 4 is 27.5 Å². The highest BCUT2D eigenvalue weighted by Gasteiger charge is 2.36. The van der Waals surface area contributed by atoms with Gasteiger partial charge in [0.15, 0.2) is 0 Å². The van der Waals surface area contributed by atoms with Crippen LogP contribution in [0.15, 0.2) is 18.3 Å². The number of piperazine rings is 1. The molecule has 2 unspecified atom stereocenters. The molecule has 0 N–H and O–H groups in total. The monoisotopic (exact) mass is 374 g/mol. The zero-order chi connectivity index (χ0) is 17.3. The first-order valence-corrected chi connectivity index (χ1v) is 9.91. The predicted molar refractivity (Wildman–Crippen MR) is 93.5 cm³/mol. The molecule has 0 amide bonds. The Bertz CT molecular complexity index is 669. The summed E-state index contributed by atoms with van der Waals surface area (Å²) in [4.78, 5) is 6.11. The first kappa shape index (κ1) is 17.9. The number of ether oxygens (including phenoxy) is 1. The molecule has 1 aromatic heterocycles. The van der Waals surface area contributed by atoms with Crippen molar-refractivity contribution in [3.63, 3.8) is 0 Å². The number of morpholine rings is 1. The van der Waals surface area contributed by atoms with Crippen molar-refractivity contribution < 1.29 is 13.2 Å². The average molecular weight is 375 g/mol.